The second kappa shape index (κ2) is 10.6. The number of carbonyl (C=O) groups is 2. The first-order valence-corrected chi connectivity index (χ1v) is 12.1. The maximum Gasteiger partial charge on any atom is 0.289 e. The Bertz CT molecular complexity index is 915. The molecule has 1 aliphatic carbocycles. The van der Waals surface area contributed by atoms with Gasteiger partial charge in [0.2, 0.25) is 11.8 Å². The first-order valence-electron chi connectivity index (χ1n) is 11.3. The second-order valence-corrected chi connectivity index (χ2v) is 9.35. The van der Waals surface area contributed by atoms with E-state index in [1.807, 2.05) is 11.9 Å². The molecular weight excluding hydrogens is 478 g/mol. The Morgan fingerprint density at radius 1 is 1.16 bits per heavy atom. The summed E-state index contributed by atoms with van der Waals surface area (Å²) in [7, 11) is 1.91. The molecule has 2 aliphatic rings. The lowest BCUT2D eigenvalue weighted by Gasteiger charge is -2.33. The minimum Gasteiger partial charge on any atom is -0.444 e. The largest absolute Gasteiger partial charge is 0.444 e. The Kier molecular flexibility index (Phi) is 7.62. The van der Waals surface area contributed by atoms with Crippen LogP contribution in [0.25, 0.3) is 0 Å². The fraction of sp³-hybridized carbons (Fsp3) is 0.636. The molecule has 0 aromatic carbocycles. The highest BCUT2D eigenvalue weighted by molar-refractivity contribution is 9.10. The maximum atomic E-state index is 12.5. The molecule has 1 aliphatic heterocycles. The molecule has 0 N–H and O–H groups in total. The number of hydrogen-bond acceptors (Lipinski definition) is 7. The number of aromatic nitrogens is 2. The van der Waals surface area contributed by atoms with E-state index in [-0.39, 0.29) is 11.8 Å². The van der Waals surface area contributed by atoms with Gasteiger partial charge in [0, 0.05) is 52.1 Å². The minimum absolute atomic E-state index is 0.0972. The van der Waals surface area contributed by atoms with Gasteiger partial charge < -0.3 is 18.7 Å². The number of furan rings is 1. The molecule has 0 spiro atoms. The lowest BCUT2D eigenvalue weighted by molar-refractivity contribution is -0.132. The molecule has 2 amide bonds. The van der Waals surface area contributed by atoms with Crippen LogP contribution in [-0.4, -0.2) is 75.9 Å². The van der Waals surface area contributed by atoms with Gasteiger partial charge in [0.25, 0.3) is 5.91 Å². The van der Waals surface area contributed by atoms with E-state index < -0.39 is 0 Å². The van der Waals surface area contributed by atoms with Crippen molar-refractivity contribution in [1.82, 2.24) is 24.8 Å². The number of amides is 2. The Labute approximate surface area is 196 Å². The first-order chi connectivity index (χ1) is 15.5. The summed E-state index contributed by atoms with van der Waals surface area (Å²) in [5.74, 6) is 1.50. The lowest BCUT2D eigenvalue weighted by Crippen LogP contribution is -2.48. The normalized spacial score (nSPS) is 18.1. The molecule has 10 heteroatoms. The van der Waals surface area contributed by atoms with Gasteiger partial charge in [-0.05, 0) is 40.9 Å². The Balaban J connectivity index is 1.20. The molecule has 1 saturated heterocycles. The van der Waals surface area contributed by atoms with Gasteiger partial charge >= 0.3 is 0 Å². The zero-order valence-electron chi connectivity index (χ0n) is 18.5. The van der Waals surface area contributed by atoms with Crippen molar-refractivity contribution in [2.24, 2.45) is 0 Å². The third-order valence-corrected chi connectivity index (χ3v) is 6.81. The second-order valence-electron chi connectivity index (χ2n) is 8.57. The average Bonchev–Trinajstić information content (AvgIpc) is 3.46. The molecule has 2 aromatic heterocycles. The maximum absolute atomic E-state index is 12.5. The van der Waals surface area contributed by atoms with E-state index in [0.29, 0.717) is 60.7 Å². The van der Waals surface area contributed by atoms with Crippen LogP contribution >= 0.6 is 15.9 Å². The number of rotatable bonds is 7. The van der Waals surface area contributed by atoms with Gasteiger partial charge in [-0.1, -0.05) is 24.4 Å². The van der Waals surface area contributed by atoms with Crippen LogP contribution in [0.5, 0.6) is 0 Å². The number of halogens is 1. The Morgan fingerprint density at radius 2 is 1.91 bits per heavy atom. The Morgan fingerprint density at radius 3 is 2.59 bits per heavy atom. The van der Waals surface area contributed by atoms with Crippen LogP contribution in [0, 0.1) is 0 Å². The zero-order valence-corrected chi connectivity index (χ0v) is 20.1. The summed E-state index contributed by atoms with van der Waals surface area (Å²) in [5, 5.41) is 4.07. The zero-order chi connectivity index (χ0) is 22.5. The van der Waals surface area contributed by atoms with Crippen LogP contribution in [0.1, 0.15) is 60.8 Å². The molecule has 1 saturated carbocycles. The summed E-state index contributed by atoms with van der Waals surface area (Å²) in [6.45, 7) is 3.24. The van der Waals surface area contributed by atoms with E-state index in [2.05, 4.69) is 31.0 Å². The summed E-state index contributed by atoms with van der Waals surface area (Å²) < 4.78 is 11.3. The highest BCUT2D eigenvalue weighted by Crippen LogP contribution is 2.22. The van der Waals surface area contributed by atoms with Gasteiger partial charge in [0.15, 0.2) is 16.3 Å². The van der Waals surface area contributed by atoms with E-state index in [4.69, 9.17) is 8.94 Å². The topological polar surface area (TPSA) is 95.9 Å². The van der Waals surface area contributed by atoms with Crippen molar-refractivity contribution in [2.75, 3.05) is 33.2 Å². The van der Waals surface area contributed by atoms with Crippen LogP contribution in [0.3, 0.4) is 0 Å². The molecule has 4 rings (SSSR count). The summed E-state index contributed by atoms with van der Waals surface area (Å²) in [6.07, 6.45) is 6.74. The van der Waals surface area contributed by atoms with E-state index in [1.54, 1.807) is 17.0 Å². The molecule has 32 heavy (non-hydrogen) atoms. The summed E-state index contributed by atoms with van der Waals surface area (Å²) in [5.41, 5.74) is 0. The standard InChI is InChI=1S/C22H30BrN5O4/c1-26(16-5-3-2-4-6-16)21(29)10-9-20-24-19(25-32-20)15-27-11-13-28(14-12-27)22(30)17-7-8-18(23)31-17/h7-8,16H,2-6,9-15H2,1H3. The molecular formula is C22H30BrN5O4. The quantitative estimate of drug-likeness (QED) is 0.567. The first kappa shape index (κ1) is 23.0. The van der Waals surface area contributed by atoms with Gasteiger partial charge in [0.1, 0.15) is 0 Å². The molecule has 0 radical (unpaired) electrons. The van der Waals surface area contributed by atoms with E-state index in [9.17, 15) is 9.59 Å². The van der Waals surface area contributed by atoms with Crippen molar-refractivity contribution in [3.8, 4) is 0 Å². The molecule has 3 heterocycles. The molecule has 0 atom stereocenters. The highest BCUT2D eigenvalue weighted by Gasteiger charge is 2.25. The summed E-state index contributed by atoms with van der Waals surface area (Å²) in [4.78, 5) is 35.3. The van der Waals surface area contributed by atoms with Crippen molar-refractivity contribution in [3.63, 3.8) is 0 Å². The van der Waals surface area contributed by atoms with Crippen molar-refractivity contribution in [1.29, 1.82) is 0 Å². The molecule has 0 bridgehead atoms. The predicted molar refractivity (Wildman–Crippen MR) is 120 cm³/mol. The van der Waals surface area contributed by atoms with Crippen LogP contribution in [-0.2, 0) is 17.8 Å². The van der Waals surface area contributed by atoms with Crippen LogP contribution in [0.2, 0.25) is 0 Å². The van der Waals surface area contributed by atoms with Gasteiger partial charge in [0.05, 0.1) is 6.54 Å². The molecule has 2 aromatic rings. The van der Waals surface area contributed by atoms with E-state index in [0.717, 1.165) is 25.9 Å². The summed E-state index contributed by atoms with van der Waals surface area (Å²) in [6, 6.07) is 3.77. The van der Waals surface area contributed by atoms with Crippen molar-refractivity contribution in [2.45, 2.75) is 57.5 Å². The van der Waals surface area contributed by atoms with Crippen molar-refractivity contribution >= 4 is 27.7 Å². The Hall–Kier alpha value is -2.20. The minimum atomic E-state index is -0.0972. The van der Waals surface area contributed by atoms with Crippen molar-refractivity contribution < 1.29 is 18.5 Å². The third-order valence-electron chi connectivity index (χ3n) is 6.39. The van der Waals surface area contributed by atoms with Crippen LogP contribution in [0.4, 0.5) is 0 Å². The van der Waals surface area contributed by atoms with Crippen LogP contribution in [0.15, 0.2) is 25.7 Å². The van der Waals surface area contributed by atoms with Gasteiger partial charge in [-0.3, -0.25) is 14.5 Å². The average molecular weight is 508 g/mol. The number of piperazine rings is 1. The molecule has 9 nitrogen and oxygen atoms in total. The van der Waals surface area contributed by atoms with E-state index >= 15 is 0 Å². The fourth-order valence-corrected chi connectivity index (χ4v) is 4.72. The fourth-order valence-electron chi connectivity index (χ4n) is 4.41. The number of nitrogens with zero attached hydrogens (tertiary/aromatic N) is 5. The molecule has 2 fully saturated rings. The number of carbonyl (C=O) groups excluding carboxylic acids is 2. The van der Waals surface area contributed by atoms with Gasteiger partial charge in [-0.25, -0.2) is 0 Å². The lowest BCUT2D eigenvalue weighted by atomic mass is 9.94. The highest BCUT2D eigenvalue weighted by atomic mass is 79.9. The smallest absolute Gasteiger partial charge is 0.289 e. The monoisotopic (exact) mass is 507 g/mol. The number of aryl methyl sites for hydroxylation is 1. The van der Waals surface area contributed by atoms with Gasteiger partial charge in [-0.2, -0.15) is 4.98 Å². The molecule has 174 valence electrons. The van der Waals surface area contributed by atoms with Crippen molar-refractivity contribution in [3.05, 3.63) is 34.3 Å². The SMILES string of the molecule is CN(C(=O)CCc1nc(CN2CCN(C(=O)c3ccc(Br)o3)CC2)no1)C1CCCCC1. The van der Waals surface area contributed by atoms with Gasteiger partial charge in [-0.15, -0.1) is 0 Å². The number of hydrogen-bond donors (Lipinski definition) is 0. The van der Waals surface area contributed by atoms with Crippen LogP contribution < -0.4 is 0 Å². The summed E-state index contributed by atoms with van der Waals surface area (Å²) >= 11 is 3.23. The predicted octanol–water partition coefficient (Wildman–Crippen LogP) is 3.11. The third kappa shape index (κ3) is 5.78. The molecule has 0 unspecified atom stereocenters. The van der Waals surface area contributed by atoms with E-state index in [1.165, 1.54) is 19.3 Å².